The largest absolute Gasteiger partial charge is 0.345 e. The SMILES string of the molecule is Cc1ccccc1NC(=O)CSc1nnc(CNC(=O)c2ccccc2F)n1C. The van der Waals surface area contributed by atoms with Crippen LogP contribution >= 0.6 is 11.8 Å². The second-order valence-electron chi connectivity index (χ2n) is 6.27. The van der Waals surface area contributed by atoms with Crippen molar-refractivity contribution in [3.8, 4) is 0 Å². The molecule has 0 atom stereocenters. The molecular formula is C20H20FN5O2S. The maximum Gasteiger partial charge on any atom is 0.254 e. The fourth-order valence-corrected chi connectivity index (χ4v) is 3.28. The van der Waals surface area contributed by atoms with Crippen LogP contribution in [0.2, 0.25) is 0 Å². The molecule has 0 saturated carbocycles. The van der Waals surface area contributed by atoms with Crippen LogP contribution in [-0.2, 0) is 18.4 Å². The quantitative estimate of drug-likeness (QED) is 0.582. The first-order valence-corrected chi connectivity index (χ1v) is 9.83. The second kappa shape index (κ2) is 9.33. The maximum atomic E-state index is 13.7. The van der Waals surface area contributed by atoms with Crippen molar-refractivity contribution in [3.63, 3.8) is 0 Å². The Balaban J connectivity index is 1.54. The highest BCUT2D eigenvalue weighted by molar-refractivity contribution is 7.99. The smallest absolute Gasteiger partial charge is 0.254 e. The van der Waals surface area contributed by atoms with Gasteiger partial charge in [0.2, 0.25) is 5.91 Å². The number of hydrogen-bond donors (Lipinski definition) is 2. The minimum absolute atomic E-state index is 0.0304. The summed E-state index contributed by atoms with van der Waals surface area (Å²) in [5, 5.41) is 14.1. The first-order chi connectivity index (χ1) is 14.0. The number of nitrogens with zero attached hydrogens (tertiary/aromatic N) is 3. The number of para-hydroxylation sites is 1. The monoisotopic (exact) mass is 413 g/mol. The third-order valence-electron chi connectivity index (χ3n) is 4.20. The molecule has 0 bridgehead atoms. The van der Waals surface area contributed by atoms with E-state index in [9.17, 15) is 14.0 Å². The lowest BCUT2D eigenvalue weighted by molar-refractivity contribution is -0.113. The number of aryl methyl sites for hydroxylation is 1. The normalized spacial score (nSPS) is 10.6. The van der Waals surface area contributed by atoms with Gasteiger partial charge in [-0.25, -0.2) is 4.39 Å². The second-order valence-corrected chi connectivity index (χ2v) is 7.21. The van der Waals surface area contributed by atoms with Crippen LogP contribution in [-0.4, -0.2) is 32.3 Å². The van der Waals surface area contributed by atoms with E-state index >= 15 is 0 Å². The Morgan fingerprint density at radius 3 is 2.59 bits per heavy atom. The van der Waals surface area contributed by atoms with Crippen molar-refractivity contribution in [1.29, 1.82) is 0 Å². The third kappa shape index (κ3) is 5.20. The standard InChI is InChI=1S/C20H20FN5O2S/c1-13-7-3-6-10-16(13)23-18(27)12-29-20-25-24-17(26(20)2)11-22-19(28)14-8-4-5-9-15(14)21/h3-10H,11-12H2,1-2H3,(H,22,28)(H,23,27). The Morgan fingerprint density at radius 1 is 1.10 bits per heavy atom. The Labute approximate surface area is 171 Å². The van der Waals surface area contributed by atoms with Gasteiger partial charge in [-0.15, -0.1) is 10.2 Å². The van der Waals surface area contributed by atoms with E-state index in [1.165, 1.54) is 30.0 Å². The Morgan fingerprint density at radius 2 is 1.83 bits per heavy atom. The molecule has 9 heteroatoms. The van der Waals surface area contributed by atoms with E-state index in [0.29, 0.717) is 11.0 Å². The molecule has 1 heterocycles. The van der Waals surface area contributed by atoms with Crippen LogP contribution in [0.25, 0.3) is 0 Å². The van der Waals surface area contributed by atoms with Crippen molar-refractivity contribution in [3.05, 3.63) is 71.3 Å². The van der Waals surface area contributed by atoms with Gasteiger partial charge in [0.25, 0.3) is 5.91 Å². The van der Waals surface area contributed by atoms with Gasteiger partial charge in [0, 0.05) is 12.7 Å². The van der Waals surface area contributed by atoms with E-state index in [4.69, 9.17) is 0 Å². The number of benzene rings is 2. The zero-order chi connectivity index (χ0) is 20.8. The van der Waals surface area contributed by atoms with E-state index in [-0.39, 0.29) is 23.8 Å². The predicted octanol–water partition coefficient (Wildman–Crippen LogP) is 2.92. The highest BCUT2D eigenvalue weighted by atomic mass is 32.2. The highest BCUT2D eigenvalue weighted by Gasteiger charge is 2.15. The summed E-state index contributed by atoms with van der Waals surface area (Å²) in [6.07, 6.45) is 0. The molecule has 2 N–H and O–H groups in total. The maximum absolute atomic E-state index is 13.7. The lowest BCUT2D eigenvalue weighted by Crippen LogP contribution is -2.25. The zero-order valence-corrected chi connectivity index (χ0v) is 16.8. The average molecular weight is 413 g/mol. The third-order valence-corrected chi connectivity index (χ3v) is 5.22. The van der Waals surface area contributed by atoms with E-state index in [2.05, 4.69) is 20.8 Å². The van der Waals surface area contributed by atoms with E-state index < -0.39 is 11.7 Å². The van der Waals surface area contributed by atoms with E-state index in [1.54, 1.807) is 17.7 Å². The summed E-state index contributed by atoms with van der Waals surface area (Å²) >= 11 is 1.24. The molecule has 0 unspecified atom stereocenters. The van der Waals surface area contributed by atoms with Gasteiger partial charge in [-0.05, 0) is 30.7 Å². The van der Waals surface area contributed by atoms with E-state index in [0.717, 1.165) is 11.3 Å². The molecule has 0 aliphatic rings. The summed E-state index contributed by atoms with van der Waals surface area (Å²) in [5.74, 6) is -0.600. The summed E-state index contributed by atoms with van der Waals surface area (Å²) in [6, 6.07) is 13.3. The minimum Gasteiger partial charge on any atom is -0.345 e. The van der Waals surface area contributed by atoms with Crippen LogP contribution in [0.4, 0.5) is 10.1 Å². The zero-order valence-electron chi connectivity index (χ0n) is 16.0. The molecule has 2 aromatic carbocycles. The molecule has 0 aliphatic carbocycles. The van der Waals surface area contributed by atoms with Crippen molar-refractivity contribution in [2.24, 2.45) is 7.05 Å². The van der Waals surface area contributed by atoms with Crippen molar-refractivity contribution in [1.82, 2.24) is 20.1 Å². The minimum atomic E-state index is -0.584. The lowest BCUT2D eigenvalue weighted by Gasteiger charge is -2.08. The number of rotatable bonds is 7. The summed E-state index contributed by atoms with van der Waals surface area (Å²) in [4.78, 5) is 24.3. The Bertz CT molecular complexity index is 1040. The van der Waals surface area contributed by atoms with Gasteiger partial charge < -0.3 is 15.2 Å². The van der Waals surface area contributed by atoms with Gasteiger partial charge in [-0.2, -0.15) is 0 Å². The van der Waals surface area contributed by atoms with Gasteiger partial charge in [0.1, 0.15) is 5.82 Å². The molecule has 3 aromatic rings. The van der Waals surface area contributed by atoms with Gasteiger partial charge in [0.05, 0.1) is 17.9 Å². The average Bonchev–Trinajstić information content (AvgIpc) is 3.06. The topological polar surface area (TPSA) is 88.9 Å². The number of thioether (sulfide) groups is 1. The molecule has 7 nitrogen and oxygen atoms in total. The van der Waals surface area contributed by atoms with Crippen molar-refractivity contribution in [2.45, 2.75) is 18.6 Å². The number of aromatic nitrogens is 3. The summed E-state index contributed by atoms with van der Waals surface area (Å²) in [5.41, 5.74) is 1.72. The van der Waals surface area contributed by atoms with Crippen LogP contribution < -0.4 is 10.6 Å². The van der Waals surface area contributed by atoms with Gasteiger partial charge >= 0.3 is 0 Å². The van der Waals surface area contributed by atoms with E-state index in [1.807, 2.05) is 31.2 Å². The molecule has 0 radical (unpaired) electrons. The number of nitrogens with one attached hydrogen (secondary N) is 2. The van der Waals surface area contributed by atoms with Crippen molar-refractivity contribution in [2.75, 3.05) is 11.1 Å². The van der Waals surface area contributed by atoms with Gasteiger partial charge in [0.15, 0.2) is 11.0 Å². The van der Waals surface area contributed by atoms with Crippen LogP contribution in [0.1, 0.15) is 21.7 Å². The van der Waals surface area contributed by atoms with Gasteiger partial charge in [-0.1, -0.05) is 42.1 Å². The fraction of sp³-hybridized carbons (Fsp3) is 0.200. The number of carbonyl (C=O) groups excluding carboxylic acids is 2. The first-order valence-electron chi connectivity index (χ1n) is 8.85. The van der Waals surface area contributed by atoms with Crippen LogP contribution in [0.5, 0.6) is 0 Å². The molecule has 0 spiro atoms. The van der Waals surface area contributed by atoms with Crippen LogP contribution in [0.15, 0.2) is 53.7 Å². The molecule has 0 saturated heterocycles. The number of hydrogen-bond acceptors (Lipinski definition) is 5. The molecule has 3 rings (SSSR count). The Hall–Kier alpha value is -3.20. The van der Waals surface area contributed by atoms with Crippen LogP contribution in [0, 0.1) is 12.7 Å². The molecule has 0 fully saturated rings. The fourth-order valence-electron chi connectivity index (χ4n) is 2.55. The van der Waals surface area contributed by atoms with Crippen molar-refractivity contribution >= 4 is 29.3 Å². The van der Waals surface area contributed by atoms with Crippen molar-refractivity contribution < 1.29 is 14.0 Å². The molecule has 1 aromatic heterocycles. The lowest BCUT2D eigenvalue weighted by atomic mass is 10.2. The van der Waals surface area contributed by atoms with Gasteiger partial charge in [-0.3, -0.25) is 9.59 Å². The first kappa shape index (κ1) is 20.5. The number of amides is 2. The number of halogens is 1. The number of carbonyl (C=O) groups is 2. The Kier molecular flexibility index (Phi) is 6.61. The summed E-state index contributed by atoms with van der Waals surface area (Å²) < 4.78 is 15.4. The predicted molar refractivity (Wildman–Crippen MR) is 109 cm³/mol. The molecule has 150 valence electrons. The summed E-state index contributed by atoms with van der Waals surface area (Å²) in [6.45, 7) is 2.01. The summed E-state index contributed by atoms with van der Waals surface area (Å²) in [7, 11) is 1.74. The molecule has 2 amide bonds. The highest BCUT2D eigenvalue weighted by Crippen LogP contribution is 2.18. The number of anilines is 1. The van der Waals surface area contributed by atoms with Crippen LogP contribution in [0.3, 0.4) is 0 Å². The molecule has 0 aliphatic heterocycles. The molecular weight excluding hydrogens is 393 g/mol. The molecule has 29 heavy (non-hydrogen) atoms.